The van der Waals surface area contributed by atoms with Crippen molar-refractivity contribution in [2.45, 2.75) is 32.4 Å². The third-order valence-corrected chi connectivity index (χ3v) is 4.64. The monoisotopic (exact) mass is 563 g/mol. The normalized spacial score (nSPS) is 17.3. The van der Waals surface area contributed by atoms with Crippen LogP contribution < -0.4 is 15.8 Å². The molecule has 1 atom stereocenters. The van der Waals surface area contributed by atoms with Gasteiger partial charge >= 0.3 is 6.18 Å². The first-order chi connectivity index (χ1) is 13.7. The van der Waals surface area contributed by atoms with Crippen molar-refractivity contribution in [3.8, 4) is 5.88 Å². The first-order valence-corrected chi connectivity index (χ1v) is 9.75. The summed E-state index contributed by atoms with van der Waals surface area (Å²) >= 11 is 5.82. The molecule has 1 aliphatic rings. The van der Waals surface area contributed by atoms with Crippen molar-refractivity contribution in [3.63, 3.8) is 0 Å². The number of hydrogen-bond donors (Lipinski definition) is 2. The Kier molecular flexibility index (Phi) is 10.9. The largest absolute Gasteiger partial charge is 0.475 e. The fraction of sp³-hybridized carbons (Fsp3) is 0.611. The molecule has 7 nitrogen and oxygen atoms in total. The van der Waals surface area contributed by atoms with E-state index >= 15 is 0 Å². The highest BCUT2D eigenvalue weighted by molar-refractivity contribution is 14.0. The number of halogens is 5. The smallest absolute Gasteiger partial charge is 0.417 e. The molecule has 1 aromatic rings. The molecule has 170 valence electrons. The highest BCUT2D eigenvalue weighted by Crippen LogP contribution is 2.33. The maximum absolute atomic E-state index is 12.6. The summed E-state index contributed by atoms with van der Waals surface area (Å²) in [5.41, 5.74) is 4.37. The summed E-state index contributed by atoms with van der Waals surface area (Å²) in [7, 11) is 0. The summed E-state index contributed by atoms with van der Waals surface area (Å²) < 4.78 is 43.3. The Bertz CT molecular complexity index is 736. The van der Waals surface area contributed by atoms with Gasteiger partial charge in [0, 0.05) is 32.3 Å². The predicted octanol–water partition coefficient (Wildman–Crippen LogP) is 3.30. The number of nitrogens with one attached hydrogen (secondary N) is 1. The fourth-order valence-electron chi connectivity index (χ4n) is 3.11. The first kappa shape index (κ1) is 26.5. The van der Waals surface area contributed by atoms with Crippen LogP contribution in [0, 0.1) is 5.92 Å². The van der Waals surface area contributed by atoms with E-state index in [1.807, 2.05) is 6.92 Å². The molecule has 0 aromatic carbocycles. The molecule has 1 fully saturated rings. The number of primary amides is 1. The second-order valence-corrected chi connectivity index (χ2v) is 7.12. The van der Waals surface area contributed by atoms with Crippen LogP contribution >= 0.6 is 35.6 Å². The van der Waals surface area contributed by atoms with Crippen LogP contribution in [0.2, 0.25) is 5.02 Å². The Morgan fingerprint density at radius 3 is 2.83 bits per heavy atom. The van der Waals surface area contributed by atoms with Gasteiger partial charge in [0.25, 0.3) is 0 Å². The molecule has 0 spiro atoms. The molecule has 3 N–H and O–H groups in total. The van der Waals surface area contributed by atoms with E-state index in [-0.39, 0.29) is 59.9 Å². The van der Waals surface area contributed by atoms with Crippen LogP contribution in [-0.2, 0) is 11.0 Å². The third kappa shape index (κ3) is 8.32. The maximum atomic E-state index is 12.6. The highest BCUT2D eigenvalue weighted by Gasteiger charge is 2.31. The standard InChI is InChI=1S/C18H25ClF3N5O2.HI/c1-2-24-17(27-6-3-4-12(11-27)8-15(23)28)25-5-7-29-16-14(19)9-13(10-26-16)18(20,21)22;/h9-10,12H,2-8,11H2,1H3,(H2,23,28)(H,24,25);1H. The summed E-state index contributed by atoms with van der Waals surface area (Å²) in [5, 5.41) is 2.99. The third-order valence-electron chi connectivity index (χ3n) is 4.37. The zero-order chi connectivity index (χ0) is 21.4. The van der Waals surface area contributed by atoms with Gasteiger partial charge in [-0.25, -0.2) is 9.98 Å². The van der Waals surface area contributed by atoms with Crippen molar-refractivity contribution in [1.82, 2.24) is 15.2 Å². The molecule has 1 amide bonds. The zero-order valence-electron chi connectivity index (χ0n) is 16.5. The molecule has 1 aromatic heterocycles. The number of carbonyl (C=O) groups is 1. The lowest BCUT2D eigenvalue weighted by Gasteiger charge is -2.34. The van der Waals surface area contributed by atoms with Gasteiger partial charge in [0.05, 0.1) is 12.1 Å². The number of ether oxygens (including phenoxy) is 1. The first-order valence-electron chi connectivity index (χ1n) is 9.37. The summed E-state index contributed by atoms with van der Waals surface area (Å²) in [6, 6.07) is 0.782. The van der Waals surface area contributed by atoms with Gasteiger partial charge in [-0.2, -0.15) is 13.2 Å². The number of likely N-dealkylation sites (tertiary alicyclic amines) is 1. The molecule has 0 radical (unpaired) electrons. The minimum Gasteiger partial charge on any atom is -0.475 e. The summed E-state index contributed by atoms with van der Waals surface area (Å²) in [6.45, 7) is 4.48. The fourth-order valence-corrected chi connectivity index (χ4v) is 3.34. The number of rotatable bonds is 7. The molecular formula is C18H26ClF3IN5O2. The Balaban J connectivity index is 0.00000450. The van der Waals surface area contributed by atoms with E-state index in [4.69, 9.17) is 22.1 Å². The number of aromatic nitrogens is 1. The molecule has 30 heavy (non-hydrogen) atoms. The van der Waals surface area contributed by atoms with Gasteiger partial charge in [0.1, 0.15) is 11.6 Å². The average molecular weight is 564 g/mol. The highest BCUT2D eigenvalue weighted by atomic mass is 127. The summed E-state index contributed by atoms with van der Waals surface area (Å²) in [4.78, 5) is 21.4. The molecule has 1 unspecified atom stereocenters. The predicted molar refractivity (Wildman–Crippen MR) is 119 cm³/mol. The van der Waals surface area contributed by atoms with Gasteiger partial charge in [-0.3, -0.25) is 4.79 Å². The van der Waals surface area contributed by atoms with Crippen LogP contribution in [0.1, 0.15) is 31.7 Å². The van der Waals surface area contributed by atoms with E-state index in [9.17, 15) is 18.0 Å². The number of carbonyl (C=O) groups excluding carboxylic acids is 1. The van der Waals surface area contributed by atoms with E-state index in [0.29, 0.717) is 31.7 Å². The van der Waals surface area contributed by atoms with E-state index in [0.717, 1.165) is 25.5 Å². The number of piperidine rings is 1. The lowest BCUT2D eigenvalue weighted by molar-refractivity contribution is -0.137. The number of alkyl halides is 3. The summed E-state index contributed by atoms with van der Waals surface area (Å²) in [6.07, 6.45) is -1.61. The quantitative estimate of drug-likeness (QED) is 0.230. The number of nitrogens with zero attached hydrogens (tertiary/aromatic N) is 3. The molecule has 0 bridgehead atoms. The van der Waals surface area contributed by atoms with Crippen molar-refractivity contribution < 1.29 is 22.7 Å². The van der Waals surface area contributed by atoms with E-state index in [2.05, 4.69) is 20.2 Å². The molecule has 1 aliphatic heterocycles. The van der Waals surface area contributed by atoms with Gasteiger partial charge in [-0.05, 0) is 31.7 Å². The van der Waals surface area contributed by atoms with E-state index in [1.54, 1.807) is 0 Å². The van der Waals surface area contributed by atoms with Crippen LogP contribution in [0.3, 0.4) is 0 Å². The molecule has 12 heteroatoms. The van der Waals surface area contributed by atoms with Crippen molar-refractivity contribution in [3.05, 3.63) is 22.8 Å². The van der Waals surface area contributed by atoms with Crippen LogP contribution in [-0.4, -0.2) is 54.5 Å². The Morgan fingerprint density at radius 1 is 1.50 bits per heavy atom. The van der Waals surface area contributed by atoms with Crippen molar-refractivity contribution in [1.29, 1.82) is 0 Å². The molecule has 0 saturated carbocycles. The van der Waals surface area contributed by atoms with Crippen molar-refractivity contribution in [2.75, 3.05) is 32.8 Å². The molecular weight excluding hydrogens is 538 g/mol. The second kappa shape index (κ2) is 12.4. The maximum Gasteiger partial charge on any atom is 0.417 e. The van der Waals surface area contributed by atoms with Crippen LogP contribution in [0.5, 0.6) is 5.88 Å². The molecule has 1 saturated heterocycles. The number of guanidine groups is 1. The van der Waals surface area contributed by atoms with Crippen LogP contribution in [0.25, 0.3) is 0 Å². The number of amides is 1. The van der Waals surface area contributed by atoms with Gasteiger partial charge in [-0.1, -0.05) is 11.6 Å². The minimum absolute atomic E-state index is 0. The van der Waals surface area contributed by atoms with Gasteiger partial charge < -0.3 is 20.7 Å². The average Bonchev–Trinajstić information content (AvgIpc) is 2.64. The zero-order valence-corrected chi connectivity index (χ0v) is 19.6. The van der Waals surface area contributed by atoms with Crippen molar-refractivity contribution >= 4 is 47.4 Å². The van der Waals surface area contributed by atoms with Gasteiger partial charge in [0.15, 0.2) is 5.96 Å². The van der Waals surface area contributed by atoms with E-state index < -0.39 is 11.7 Å². The van der Waals surface area contributed by atoms with Gasteiger partial charge in [0.2, 0.25) is 11.8 Å². The molecule has 0 aliphatic carbocycles. The lowest BCUT2D eigenvalue weighted by Crippen LogP contribution is -2.47. The Labute approximate surface area is 195 Å². The minimum atomic E-state index is -4.51. The molecule has 2 heterocycles. The van der Waals surface area contributed by atoms with Crippen LogP contribution in [0.4, 0.5) is 13.2 Å². The number of pyridine rings is 1. The van der Waals surface area contributed by atoms with Gasteiger partial charge in [-0.15, -0.1) is 24.0 Å². The van der Waals surface area contributed by atoms with Crippen LogP contribution in [0.15, 0.2) is 17.3 Å². The lowest BCUT2D eigenvalue weighted by atomic mass is 9.95. The van der Waals surface area contributed by atoms with Crippen molar-refractivity contribution in [2.24, 2.45) is 16.6 Å². The Morgan fingerprint density at radius 2 is 2.23 bits per heavy atom. The second-order valence-electron chi connectivity index (χ2n) is 6.72. The SMILES string of the molecule is CCNC(=NCCOc1ncc(C(F)(F)F)cc1Cl)N1CCCC(CC(N)=O)C1.I. The van der Waals surface area contributed by atoms with E-state index in [1.165, 1.54) is 0 Å². The molecule has 2 rings (SSSR count). The number of nitrogens with two attached hydrogens (primary N) is 1. The number of aliphatic imine (C=N–C) groups is 1. The summed E-state index contributed by atoms with van der Waals surface area (Å²) in [5.74, 6) is 0.501. The topological polar surface area (TPSA) is 92.8 Å². The Hall–Kier alpha value is -1.50. The number of hydrogen-bond acceptors (Lipinski definition) is 4.